The molecule has 3 atom stereocenters. The van der Waals surface area contributed by atoms with Gasteiger partial charge in [0, 0.05) is 103 Å². The van der Waals surface area contributed by atoms with E-state index in [0.717, 1.165) is 53.1 Å². The molecule has 0 amide bonds. The van der Waals surface area contributed by atoms with Crippen LogP contribution in [0.1, 0.15) is 56.3 Å². The third kappa shape index (κ3) is 9.60. The van der Waals surface area contributed by atoms with Gasteiger partial charge in [-0.25, -0.2) is 34.8 Å². The third-order valence-corrected chi connectivity index (χ3v) is 12.2. The summed E-state index contributed by atoms with van der Waals surface area (Å²) in [7, 11) is -4.36. The maximum Gasteiger partial charge on any atom is 0.151 e. The van der Waals surface area contributed by atoms with Crippen molar-refractivity contribution in [1.29, 1.82) is 0 Å². The SMILES string of the molecule is CS(=O)(=O)Cc1cccc2c(C(c3ccc(F)cc3F)c3ccc(Cl)cc3F)c[nH]c12.CS(=O)Cc1cccc2c(C(c3ccc(F)cc3F)c3ccc(Cl)cc3F)c[nH]c12. The lowest BCUT2D eigenvalue weighted by Gasteiger charge is -2.20. The van der Waals surface area contributed by atoms with Crippen molar-refractivity contribution in [2.24, 2.45) is 0 Å². The molecule has 6 aromatic carbocycles. The van der Waals surface area contributed by atoms with E-state index in [0.29, 0.717) is 33.3 Å². The van der Waals surface area contributed by atoms with Gasteiger partial charge in [0.2, 0.25) is 0 Å². The predicted octanol–water partition coefficient (Wildman–Crippen LogP) is 12.3. The largest absolute Gasteiger partial charge is 0.361 e. The summed E-state index contributed by atoms with van der Waals surface area (Å²) >= 11 is 11.8. The molecule has 5 nitrogen and oxygen atoms in total. The Labute approximate surface area is 359 Å². The van der Waals surface area contributed by atoms with Crippen LogP contribution in [0.3, 0.4) is 0 Å². The van der Waals surface area contributed by atoms with Crippen molar-refractivity contribution in [2.75, 3.05) is 12.5 Å². The Hall–Kier alpha value is -5.34. The minimum absolute atomic E-state index is 0.0806. The summed E-state index contributed by atoms with van der Waals surface area (Å²) in [6.07, 6.45) is 6.03. The fourth-order valence-electron chi connectivity index (χ4n) is 7.64. The van der Waals surface area contributed by atoms with Crippen molar-refractivity contribution in [3.63, 3.8) is 0 Å². The Morgan fingerprint density at radius 2 is 0.951 bits per heavy atom. The van der Waals surface area contributed by atoms with Crippen molar-refractivity contribution < 1.29 is 39.0 Å². The average molecular weight is 912 g/mol. The van der Waals surface area contributed by atoms with Gasteiger partial charge in [0.15, 0.2) is 9.84 Å². The molecule has 314 valence electrons. The maximum absolute atomic E-state index is 14.9. The van der Waals surface area contributed by atoms with Gasteiger partial charge in [-0.05, 0) is 69.8 Å². The molecule has 0 aliphatic heterocycles. The summed E-state index contributed by atoms with van der Waals surface area (Å²) in [6.45, 7) is 0. The van der Waals surface area contributed by atoms with E-state index in [2.05, 4.69) is 9.97 Å². The number of hydrogen-bond donors (Lipinski definition) is 2. The third-order valence-electron chi connectivity index (χ3n) is 10.2. The van der Waals surface area contributed by atoms with Crippen LogP contribution in [0.4, 0.5) is 26.3 Å². The first kappa shape index (κ1) is 43.7. The van der Waals surface area contributed by atoms with Gasteiger partial charge in [0.25, 0.3) is 0 Å². The highest BCUT2D eigenvalue weighted by Crippen LogP contribution is 2.41. The molecule has 8 aromatic rings. The van der Waals surface area contributed by atoms with Crippen LogP contribution in [0.25, 0.3) is 21.8 Å². The highest BCUT2D eigenvalue weighted by molar-refractivity contribution is 7.89. The quantitative estimate of drug-likeness (QED) is 0.134. The number of H-pyrrole nitrogens is 2. The Kier molecular flexibility index (Phi) is 12.9. The molecular weight excluding hydrogens is 878 g/mol. The van der Waals surface area contributed by atoms with Crippen molar-refractivity contribution in [2.45, 2.75) is 23.3 Å². The Morgan fingerprint density at radius 3 is 1.34 bits per heavy atom. The van der Waals surface area contributed by atoms with Gasteiger partial charge in [0.1, 0.15) is 34.9 Å². The molecule has 0 saturated carbocycles. The van der Waals surface area contributed by atoms with E-state index in [-0.39, 0.29) is 38.1 Å². The highest BCUT2D eigenvalue weighted by Gasteiger charge is 2.28. The highest BCUT2D eigenvalue weighted by atomic mass is 35.5. The van der Waals surface area contributed by atoms with Gasteiger partial charge in [0.05, 0.1) is 11.5 Å². The van der Waals surface area contributed by atoms with E-state index in [9.17, 15) is 39.0 Å². The predicted molar refractivity (Wildman–Crippen MR) is 230 cm³/mol. The lowest BCUT2D eigenvalue weighted by molar-refractivity contribution is 0.563. The number of aromatic nitrogens is 2. The fourth-order valence-corrected chi connectivity index (χ4v) is 9.45. The minimum Gasteiger partial charge on any atom is -0.361 e. The Bertz CT molecular complexity index is 2980. The van der Waals surface area contributed by atoms with Crippen LogP contribution in [-0.4, -0.2) is 35.1 Å². The number of benzene rings is 6. The summed E-state index contributed by atoms with van der Waals surface area (Å²) in [5.74, 6) is -5.85. The number of sulfone groups is 1. The number of rotatable bonds is 10. The zero-order chi connectivity index (χ0) is 43.7. The molecule has 2 heterocycles. The van der Waals surface area contributed by atoms with Gasteiger partial charge in [-0.2, -0.15) is 0 Å². The van der Waals surface area contributed by atoms with E-state index >= 15 is 0 Å². The van der Waals surface area contributed by atoms with Crippen LogP contribution in [0.15, 0.2) is 122 Å². The van der Waals surface area contributed by atoms with Gasteiger partial charge < -0.3 is 9.97 Å². The molecular formula is C46H34Cl2F6N2O3S2. The van der Waals surface area contributed by atoms with Crippen molar-refractivity contribution >= 4 is 65.6 Å². The Balaban J connectivity index is 0.000000184. The molecule has 0 fully saturated rings. The normalized spacial score (nSPS) is 13.2. The molecule has 8 rings (SSSR count). The molecule has 3 unspecified atom stereocenters. The topological polar surface area (TPSA) is 82.8 Å². The summed E-state index contributed by atoms with van der Waals surface area (Å²) < 4.78 is 122. The molecule has 0 saturated heterocycles. The van der Waals surface area contributed by atoms with Crippen molar-refractivity contribution in [3.8, 4) is 0 Å². The van der Waals surface area contributed by atoms with Gasteiger partial charge in [-0.1, -0.05) is 83.9 Å². The molecule has 2 aromatic heterocycles. The van der Waals surface area contributed by atoms with Crippen LogP contribution >= 0.6 is 23.2 Å². The molecule has 0 bridgehead atoms. The summed E-state index contributed by atoms with van der Waals surface area (Å²) in [4.78, 5) is 6.22. The minimum atomic E-state index is -3.30. The zero-order valence-electron chi connectivity index (χ0n) is 32.2. The number of hydrogen-bond acceptors (Lipinski definition) is 3. The van der Waals surface area contributed by atoms with Gasteiger partial charge in [-0.3, -0.25) is 4.21 Å². The first-order chi connectivity index (χ1) is 29.0. The molecule has 61 heavy (non-hydrogen) atoms. The number of para-hydroxylation sites is 2. The second-order valence-electron chi connectivity index (χ2n) is 14.5. The van der Waals surface area contributed by atoms with E-state index in [4.69, 9.17) is 23.2 Å². The fraction of sp³-hybridized carbons (Fsp3) is 0.130. The van der Waals surface area contributed by atoms with E-state index in [1.807, 2.05) is 18.2 Å². The summed E-state index contributed by atoms with van der Waals surface area (Å²) in [5, 5.41) is 1.78. The van der Waals surface area contributed by atoms with Crippen LogP contribution in [-0.2, 0) is 32.1 Å². The standard InChI is InChI=1S/C23H17ClF3NO2S.C23H17ClF3NOS/c1-31(29,30)12-13-3-2-4-16-19(11-28-23(13)16)22(17-7-5-14(24)9-20(17)26)18-8-6-15(25)10-21(18)27;1-30(29)12-13-3-2-4-16-19(11-28-23(13)16)22(17-7-5-14(24)9-20(17)26)18-8-6-15(25)10-21(18)27/h2-11,22,28H,12H2,1H3;2-11,22,28H,12H2,1H3. The number of halogens is 8. The lowest BCUT2D eigenvalue weighted by Crippen LogP contribution is -2.08. The molecule has 0 radical (unpaired) electrons. The lowest BCUT2D eigenvalue weighted by atomic mass is 9.84. The van der Waals surface area contributed by atoms with Crippen LogP contribution in [0.5, 0.6) is 0 Å². The molecule has 0 aliphatic rings. The van der Waals surface area contributed by atoms with Crippen LogP contribution < -0.4 is 0 Å². The zero-order valence-corrected chi connectivity index (χ0v) is 35.3. The van der Waals surface area contributed by atoms with Gasteiger partial charge in [-0.15, -0.1) is 0 Å². The number of nitrogens with one attached hydrogen (secondary N) is 2. The summed E-state index contributed by atoms with van der Waals surface area (Å²) in [6, 6.07) is 25.4. The second-order valence-corrected chi connectivity index (χ2v) is 18.9. The van der Waals surface area contributed by atoms with Crippen LogP contribution in [0, 0.1) is 34.9 Å². The molecule has 0 aliphatic carbocycles. The van der Waals surface area contributed by atoms with E-state index in [1.54, 1.807) is 36.8 Å². The second kappa shape index (κ2) is 17.9. The molecule has 2 N–H and O–H groups in total. The summed E-state index contributed by atoms with van der Waals surface area (Å²) in [5.41, 5.74) is 4.45. The smallest absolute Gasteiger partial charge is 0.151 e. The monoisotopic (exact) mass is 910 g/mol. The molecule has 0 spiro atoms. The maximum atomic E-state index is 14.9. The van der Waals surface area contributed by atoms with Crippen molar-refractivity contribution in [1.82, 2.24) is 9.97 Å². The average Bonchev–Trinajstić information content (AvgIpc) is 3.81. The Morgan fingerprint density at radius 1 is 0.557 bits per heavy atom. The number of aromatic amines is 2. The van der Waals surface area contributed by atoms with E-state index in [1.165, 1.54) is 42.5 Å². The van der Waals surface area contributed by atoms with E-state index < -0.39 is 67.4 Å². The van der Waals surface area contributed by atoms with Gasteiger partial charge >= 0.3 is 0 Å². The first-order valence-electron chi connectivity index (χ1n) is 18.4. The molecule has 15 heteroatoms. The van der Waals surface area contributed by atoms with Crippen LogP contribution in [0.2, 0.25) is 10.0 Å². The first-order valence-corrected chi connectivity index (χ1v) is 23.0. The van der Waals surface area contributed by atoms with Crippen molar-refractivity contribution in [3.05, 3.63) is 211 Å². The number of fused-ring (bicyclic) bond motifs is 2.